The SMILES string of the molecule is C=C/C(N)=C(\C=C)NC.C=Cc1c(-c2ccc(C)cc2)cc2c(c1C=C)-c1c(ccc3ccccc13)C21c2ccccc2-c2ccccc21. The third-order valence-electron chi connectivity index (χ3n) is 10.1. The van der Waals surface area contributed by atoms with Gasteiger partial charge in [0.05, 0.1) is 16.8 Å². The van der Waals surface area contributed by atoms with Crippen LogP contribution in [-0.4, -0.2) is 7.05 Å². The van der Waals surface area contributed by atoms with Crippen molar-refractivity contribution in [2.45, 2.75) is 12.3 Å². The molecule has 0 atom stereocenters. The van der Waals surface area contributed by atoms with Crippen LogP contribution < -0.4 is 11.1 Å². The first-order valence-electron chi connectivity index (χ1n) is 16.6. The molecule has 0 unspecified atom stereocenters. The minimum atomic E-state index is -0.418. The monoisotopic (exact) mass is 632 g/mol. The van der Waals surface area contributed by atoms with Gasteiger partial charge in [0.15, 0.2) is 0 Å². The number of nitrogens with one attached hydrogen (secondary N) is 1. The van der Waals surface area contributed by atoms with Gasteiger partial charge in [-0.2, -0.15) is 0 Å². The summed E-state index contributed by atoms with van der Waals surface area (Å²) in [5.41, 5.74) is 23.0. The number of benzene rings is 6. The first-order chi connectivity index (χ1) is 23.9. The average molecular weight is 633 g/mol. The normalized spacial score (nSPS) is 13.2. The van der Waals surface area contributed by atoms with Crippen LogP contribution in [0.5, 0.6) is 0 Å². The van der Waals surface area contributed by atoms with E-state index in [9.17, 15) is 0 Å². The van der Waals surface area contributed by atoms with Crippen molar-refractivity contribution in [3.63, 3.8) is 0 Å². The molecule has 0 radical (unpaired) electrons. The van der Waals surface area contributed by atoms with Gasteiger partial charge in [0, 0.05) is 7.05 Å². The summed E-state index contributed by atoms with van der Waals surface area (Å²) in [5, 5.41) is 5.40. The number of allylic oxidation sites excluding steroid dienone is 2. The number of rotatable bonds is 6. The Morgan fingerprint density at radius 1 is 0.612 bits per heavy atom. The van der Waals surface area contributed by atoms with E-state index < -0.39 is 5.41 Å². The predicted octanol–water partition coefficient (Wildman–Crippen LogP) is 11.2. The number of aryl methyl sites for hydroxylation is 1. The van der Waals surface area contributed by atoms with E-state index in [1.165, 1.54) is 72.0 Å². The number of likely N-dealkylation sites (N-methyl/N-ethyl adjacent to an activating group) is 1. The summed E-state index contributed by atoms with van der Waals surface area (Å²) in [6.07, 6.45) is 7.29. The lowest BCUT2D eigenvalue weighted by Crippen LogP contribution is -2.26. The van der Waals surface area contributed by atoms with E-state index in [4.69, 9.17) is 5.73 Å². The van der Waals surface area contributed by atoms with Crippen molar-refractivity contribution in [3.8, 4) is 33.4 Å². The van der Waals surface area contributed by atoms with Gasteiger partial charge >= 0.3 is 0 Å². The molecule has 0 saturated carbocycles. The third-order valence-corrected chi connectivity index (χ3v) is 10.1. The lowest BCUT2D eigenvalue weighted by Gasteiger charge is -2.31. The largest absolute Gasteiger partial charge is 0.397 e. The van der Waals surface area contributed by atoms with Gasteiger partial charge in [-0.15, -0.1) is 0 Å². The van der Waals surface area contributed by atoms with E-state index in [-0.39, 0.29) is 0 Å². The van der Waals surface area contributed by atoms with Crippen molar-refractivity contribution in [1.82, 2.24) is 5.32 Å². The van der Waals surface area contributed by atoms with Gasteiger partial charge < -0.3 is 11.1 Å². The second-order valence-corrected chi connectivity index (χ2v) is 12.5. The highest BCUT2D eigenvalue weighted by atomic mass is 14.8. The van der Waals surface area contributed by atoms with E-state index in [2.05, 4.69) is 154 Å². The van der Waals surface area contributed by atoms with Crippen molar-refractivity contribution in [2.24, 2.45) is 5.73 Å². The second-order valence-electron chi connectivity index (χ2n) is 12.5. The molecule has 238 valence electrons. The van der Waals surface area contributed by atoms with Gasteiger partial charge in [-0.1, -0.05) is 153 Å². The Balaban J connectivity index is 0.000000373. The fourth-order valence-electron chi connectivity index (χ4n) is 7.98. The fourth-order valence-corrected chi connectivity index (χ4v) is 7.98. The van der Waals surface area contributed by atoms with Crippen LogP contribution >= 0.6 is 0 Å². The van der Waals surface area contributed by atoms with Crippen LogP contribution in [0.1, 0.15) is 38.9 Å². The molecule has 0 bridgehead atoms. The Labute approximate surface area is 290 Å². The lowest BCUT2D eigenvalue weighted by molar-refractivity contribution is 0.794. The maximum Gasteiger partial charge on any atom is 0.0726 e. The number of fused-ring (bicyclic) bond motifs is 12. The molecule has 6 aromatic carbocycles. The summed E-state index contributed by atoms with van der Waals surface area (Å²) >= 11 is 0. The van der Waals surface area contributed by atoms with Crippen LogP contribution in [0.4, 0.5) is 0 Å². The van der Waals surface area contributed by atoms with Crippen LogP contribution in [0.3, 0.4) is 0 Å². The summed E-state index contributed by atoms with van der Waals surface area (Å²) in [4.78, 5) is 0. The molecule has 2 aliphatic carbocycles. The van der Waals surface area contributed by atoms with E-state index in [0.29, 0.717) is 5.70 Å². The molecule has 6 aromatic rings. The van der Waals surface area contributed by atoms with Crippen LogP contribution in [-0.2, 0) is 5.41 Å². The van der Waals surface area contributed by atoms with Gasteiger partial charge in [0.25, 0.3) is 0 Å². The van der Waals surface area contributed by atoms with Gasteiger partial charge in [0.2, 0.25) is 0 Å². The third kappa shape index (κ3) is 4.63. The summed E-state index contributed by atoms with van der Waals surface area (Å²) < 4.78 is 0. The molecule has 0 aromatic heterocycles. The zero-order valence-electron chi connectivity index (χ0n) is 28.2. The Bertz CT molecular complexity index is 2300. The summed E-state index contributed by atoms with van der Waals surface area (Å²) in [7, 11) is 1.79. The van der Waals surface area contributed by atoms with Gasteiger partial charge in [-0.25, -0.2) is 0 Å². The van der Waals surface area contributed by atoms with Gasteiger partial charge in [-0.05, 0) is 103 Å². The van der Waals surface area contributed by atoms with Crippen molar-refractivity contribution >= 4 is 22.9 Å². The molecule has 3 N–H and O–H groups in total. The number of hydrogen-bond acceptors (Lipinski definition) is 2. The molecule has 1 spiro atoms. The summed E-state index contributed by atoms with van der Waals surface area (Å²) in [5.74, 6) is 0. The Morgan fingerprint density at radius 3 is 1.80 bits per heavy atom. The second kappa shape index (κ2) is 12.5. The van der Waals surface area contributed by atoms with Crippen LogP contribution in [0.15, 0.2) is 165 Å². The van der Waals surface area contributed by atoms with Crippen molar-refractivity contribution < 1.29 is 0 Å². The zero-order valence-corrected chi connectivity index (χ0v) is 28.2. The molecular weight excluding hydrogens is 593 g/mol. The topological polar surface area (TPSA) is 38.0 Å². The van der Waals surface area contributed by atoms with Gasteiger partial charge in [-0.3, -0.25) is 0 Å². The smallest absolute Gasteiger partial charge is 0.0726 e. The van der Waals surface area contributed by atoms with Crippen LogP contribution in [0.25, 0.3) is 56.3 Å². The Morgan fingerprint density at radius 2 is 1.22 bits per heavy atom. The van der Waals surface area contributed by atoms with Crippen molar-refractivity contribution in [3.05, 3.63) is 204 Å². The predicted molar refractivity (Wildman–Crippen MR) is 211 cm³/mol. The molecule has 49 heavy (non-hydrogen) atoms. The standard InChI is InChI=1S/C40H28.C7H12N2/c1-4-28-29(5-2)38-37(24-33(28)27-20-18-25(3)19-21-27)40(36-23-22-26-12-6-7-13-30(26)39(36)38)34-16-10-8-14-31(34)32-15-9-11-17-35(32)40;1-4-6(8)7(5-2)9-3/h4-24H,1-2H2,3H3;4-5,9H,1-2,8H2,3H3/b;7-6-. The average Bonchev–Trinajstić information content (AvgIpc) is 3.62. The molecule has 2 nitrogen and oxygen atoms in total. The minimum Gasteiger partial charge on any atom is -0.397 e. The van der Waals surface area contributed by atoms with E-state index in [0.717, 1.165) is 16.8 Å². The molecule has 2 aliphatic rings. The van der Waals surface area contributed by atoms with E-state index in [1.807, 2.05) is 12.2 Å². The zero-order chi connectivity index (χ0) is 34.3. The highest BCUT2D eigenvalue weighted by Crippen LogP contribution is 2.65. The molecule has 8 rings (SSSR count). The van der Waals surface area contributed by atoms with Crippen LogP contribution in [0, 0.1) is 6.92 Å². The van der Waals surface area contributed by atoms with Gasteiger partial charge in [0.1, 0.15) is 0 Å². The van der Waals surface area contributed by atoms with Crippen molar-refractivity contribution in [1.29, 1.82) is 0 Å². The van der Waals surface area contributed by atoms with Crippen molar-refractivity contribution in [2.75, 3.05) is 7.05 Å². The molecule has 0 fully saturated rings. The minimum absolute atomic E-state index is 0.418. The molecular formula is C47H40N2. The fraction of sp³-hybridized carbons (Fsp3) is 0.0638. The highest BCUT2D eigenvalue weighted by Gasteiger charge is 2.52. The number of hydrogen-bond donors (Lipinski definition) is 2. The van der Waals surface area contributed by atoms with E-state index in [1.54, 1.807) is 19.2 Å². The van der Waals surface area contributed by atoms with Crippen LogP contribution in [0.2, 0.25) is 0 Å². The lowest BCUT2D eigenvalue weighted by atomic mass is 9.69. The maximum absolute atomic E-state index is 5.47. The molecule has 0 aliphatic heterocycles. The first kappa shape index (κ1) is 31.5. The molecule has 0 saturated heterocycles. The molecule has 2 heteroatoms. The quantitative estimate of drug-likeness (QED) is 0.179. The number of nitrogens with two attached hydrogens (primary N) is 1. The summed E-state index contributed by atoms with van der Waals surface area (Å²) in [6, 6.07) is 42.7. The molecule has 0 amide bonds. The highest BCUT2D eigenvalue weighted by molar-refractivity contribution is 6.09. The summed E-state index contributed by atoms with van der Waals surface area (Å²) in [6.45, 7) is 17.9. The Hall–Kier alpha value is -6.12. The molecule has 0 heterocycles. The Kier molecular flexibility index (Phi) is 8.02. The van der Waals surface area contributed by atoms with E-state index >= 15 is 0 Å². The first-order valence-corrected chi connectivity index (χ1v) is 16.6. The maximum atomic E-state index is 5.47.